The predicted octanol–water partition coefficient (Wildman–Crippen LogP) is 3.78. The third-order valence-electron chi connectivity index (χ3n) is 5.34. The Morgan fingerprint density at radius 2 is 1.59 bits per heavy atom. The lowest BCUT2D eigenvalue weighted by Crippen LogP contribution is -2.35. The number of carbonyl (C=O) groups is 2. The number of carbonyl (C=O) groups excluding carboxylic acids is 2. The first-order valence-electron chi connectivity index (χ1n) is 9.59. The zero-order valence-electron chi connectivity index (χ0n) is 16.7. The average molecular weight is 394 g/mol. The third-order valence-corrected chi connectivity index (χ3v) is 8.12. The highest BCUT2D eigenvalue weighted by Gasteiger charge is 2.34. The molecule has 27 heavy (non-hydrogen) atoms. The monoisotopic (exact) mass is 393 g/mol. The number of Topliss-reactive ketones (excluding diaryl/α,β-unsaturated/α-hetero) is 1. The molecular weight excluding hydrogens is 362 g/mol. The van der Waals surface area contributed by atoms with Crippen molar-refractivity contribution in [3.8, 4) is 0 Å². The Morgan fingerprint density at radius 1 is 1.04 bits per heavy atom. The van der Waals surface area contributed by atoms with Crippen molar-refractivity contribution in [3.05, 3.63) is 29.8 Å². The maximum Gasteiger partial charge on any atom is 0.221 e. The summed E-state index contributed by atoms with van der Waals surface area (Å²) in [6.45, 7) is 6.69. The Bertz CT molecular complexity index is 767. The minimum absolute atomic E-state index is 0.0219. The highest BCUT2D eigenvalue weighted by Crippen LogP contribution is 2.33. The van der Waals surface area contributed by atoms with Gasteiger partial charge in [0.2, 0.25) is 5.91 Å². The molecule has 0 bridgehead atoms. The van der Waals surface area contributed by atoms with Gasteiger partial charge in [0.1, 0.15) is 5.78 Å². The molecular formula is C21H31NO4S. The second-order valence-electron chi connectivity index (χ2n) is 8.63. The van der Waals surface area contributed by atoms with Crippen LogP contribution in [0.25, 0.3) is 0 Å². The topological polar surface area (TPSA) is 80.3 Å². The van der Waals surface area contributed by atoms with E-state index in [9.17, 15) is 18.0 Å². The first-order chi connectivity index (χ1) is 12.5. The lowest BCUT2D eigenvalue weighted by molar-refractivity contribution is -0.123. The molecule has 1 fully saturated rings. The lowest BCUT2D eigenvalue weighted by Gasteiger charge is -2.30. The molecule has 0 heterocycles. The predicted molar refractivity (Wildman–Crippen MR) is 108 cm³/mol. The minimum atomic E-state index is -3.11. The van der Waals surface area contributed by atoms with Gasteiger partial charge in [0.05, 0.1) is 10.5 Å². The molecule has 0 radical (unpaired) electrons. The standard InChI is InChI=1S/C21H31NO4S/c1-15(23)22-19-11-7-16(8-12-19)13-20(24)18-9-5-17(6-10-18)14-27(25,26)21(2,3)4/h7-8,11-12,17-18H,5-6,9-10,13-14H2,1-4H3,(H,22,23). The molecule has 1 aromatic carbocycles. The Labute approximate surface area is 162 Å². The van der Waals surface area contributed by atoms with E-state index in [1.165, 1.54) is 6.92 Å². The highest BCUT2D eigenvalue weighted by molar-refractivity contribution is 7.92. The molecule has 0 aromatic heterocycles. The van der Waals surface area contributed by atoms with Crippen molar-refractivity contribution in [1.29, 1.82) is 0 Å². The Morgan fingerprint density at radius 3 is 2.07 bits per heavy atom. The summed E-state index contributed by atoms with van der Waals surface area (Å²) in [5.41, 5.74) is 1.66. The van der Waals surface area contributed by atoms with Gasteiger partial charge in [-0.25, -0.2) is 8.42 Å². The van der Waals surface area contributed by atoms with E-state index >= 15 is 0 Å². The van der Waals surface area contributed by atoms with Crippen molar-refractivity contribution < 1.29 is 18.0 Å². The molecule has 6 heteroatoms. The van der Waals surface area contributed by atoms with E-state index in [0.29, 0.717) is 6.42 Å². The van der Waals surface area contributed by atoms with Crippen LogP contribution in [-0.2, 0) is 25.8 Å². The smallest absolute Gasteiger partial charge is 0.221 e. The second kappa shape index (κ2) is 8.55. The van der Waals surface area contributed by atoms with Gasteiger partial charge in [-0.15, -0.1) is 0 Å². The van der Waals surface area contributed by atoms with Crippen molar-refractivity contribution >= 4 is 27.2 Å². The lowest BCUT2D eigenvalue weighted by atomic mass is 9.79. The molecule has 1 N–H and O–H groups in total. The Balaban J connectivity index is 1.85. The summed E-state index contributed by atoms with van der Waals surface area (Å²) in [4.78, 5) is 23.6. The maximum atomic E-state index is 12.6. The molecule has 1 amide bonds. The van der Waals surface area contributed by atoms with Crippen molar-refractivity contribution in [3.63, 3.8) is 0 Å². The SMILES string of the molecule is CC(=O)Nc1ccc(CC(=O)C2CCC(CS(=O)(=O)C(C)(C)C)CC2)cc1. The van der Waals surface area contributed by atoms with E-state index in [2.05, 4.69) is 5.32 Å². The maximum absolute atomic E-state index is 12.6. The van der Waals surface area contributed by atoms with Gasteiger partial charge in [-0.2, -0.15) is 0 Å². The van der Waals surface area contributed by atoms with Gasteiger partial charge < -0.3 is 5.32 Å². The number of anilines is 1. The van der Waals surface area contributed by atoms with Crippen LogP contribution < -0.4 is 5.32 Å². The normalized spacial score (nSPS) is 20.9. The molecule has 150 valence electrons. The summed E-state index contributed by atoms with van der Waals surface area (Å²) in [5, 5.41) is 2.71. The van der Waals surface area contributed by atoms with Crippen LogP contribution in [0.3, 0.4) is 0 Å². The first kappa shape index (κ1) is 21.6. The Hall–Kier alpha value is -1.69. The van der Waals surface area contributed by atoms with Crippen LogP contribution in [0.4, 0.5) is 5.69 Å². The fraction of sp³-hybridized carbons (Fsp3) is 0.619. The summed E-state index contributed by atoms with van der Waals surface area (Å²) < 4.78 is 24.0. The number of rotatable bonds is 6. The quantitative estimate of drug-likeness (QED) is 0.798. The van der Waals surface area contributed by atoms with Crippen molar-refractivity contribution in [2.24, 2.45) is 11.8 Å². The van der Waals surface area contributed by atoms with Gasteiger partial charge in [0.25, 0.3) is 0 Å². The summed E-state index contributed by atoms with van der Waals surface area (Å²) >= 11 is 0. The zero-order chi connectivity index (χ0) is 20.2. The van der Waals surface area contributed by atoms with Crippen LogP contribution >= 0.6 is 0 Å². The van der Waals surface area contributed by atoms with Crippen LogP contribution in [0, 0.1) is 11.8 Å². The second-order valence-corrected chi connectivity index (χ2v) is 11.4. The molecule has 0 unspecified atom stereocenters. The molecule has 2 rings (SSSR count). The molecule has 1 aliphatic carbocycles. The van der Waals surface area contributed by atoms with Crippen LogP contribution in [0.15, 0.2) is 24.3 Å². The number of hydrogen-bond donors (Lipinski definition) is 1. The van der Waals surface area contributed by atoms with E-state index in [0.717, 1.165) is 36.9 Å². The Kier molecular flexibility index (Phi) is 6.84. The molecule has 1 aliphatic rings. The van der Waals surface area contributed by atoms with Crippen molar-refractivity contribution in [2.45, 2.75) is 64.5 Å². The van der Waals surface area contributed by atoms with Crippen molar-refractivity contribution in [1.82, 2.24) is 0 Å². The van der Waals surface area contributed by atoms with Gasteiger partial charge in [0.15, 0.2) is 9.84 Å². The fourth-order valence-electron chi connectivity index (χ4n) is 3.47. The zero-order valence-corrected chi connectivity index (χ0v) is 17.6. The third kappa shape index (κ3) is 6.16. The largest absolute Gasteiger partial charge is 0.326 e. The molecule has 0 spiro atoms. The minimum Gasteiger partial charge on any atom is -0.326 e. The highest BCUT2D eigenvalue weighted by atomic mass is 32.2. The molecule has 1 saturated carbocycles. The van der Waals surface area contributed by atoms with Gasteiger partial charge in [0, 0.05) is 24.9 Å². The molecule has 1 aromatic rings. The van der Waals surface area contributed by atoms with Crippen molar-refractivity contribution in [2.75, 3.05) is 11.1 Å². The summed E-state index contributed by atoms with van der Waals surface area (Å²) in [5.74, 6) is 0.509. The number of benzene rings is 1. The number of nitrogens with one attached hydrogen (secondary N) is 1. The van der Waals surface area contributed by atoms with Gasteiger partial charge in [-0.1, -0.05) is 12.1 Å². The van der Waals surface area contributed by atoms with E-state index in [4.69, 9.17) is 0 Å². The molecule has 5 nitrogen and oxygen atoms in total. The van der Waals surface area contributed by atoms with Crippen LogP contribution in [-0.4, -0.2) is 30.6 Å². The van der Waals surface area contributed by atoms with Crippen LogP contribution in [0.1, 0.15) is 58.9 Å². The van der Waals surface area contributed by atoms with Crippen LogP contribution in [0.5, 0.6) is 0 Å². The average Bonchev–Trinajstić information content (AvgIpc) is 2.55. The van der Waals surface area contributed by atoms with Gasteiger partial charge in [-0.3, -0.25) is 9.59 Å². The summed E-state index contributed by atoms with van der Waals surface area (Å²) in [6, 6.07) is 7.34. The van der Waals surface area contributed by atoms with Gasteiger partial charge >= 0.3 is 0 Å². The number of ketones is 1. The van der Waals surface area contributed by atoms with E-state index in [-0.39, 0.29) is 29.3 Å². The molecule has 0 saturated heterocycles. The van der Waals surface area contributed by atoms with Gasteiger partial charge in [-0.05, 0) is 70.1 Å². The number of hydrogen-bond acceptors (Lipinski definition) is 4. The fourth-order valence-corrected chi connectivity index (χ4v) is 4.92. The van der Waals surface area contributed by atoms with Crippen LogP contribution in [0.2, 0.25) is 0 Å². The van der Waals surface area contributed by atoms with E-state index in [1.54, 1.807) is 32.9 Å². The summed E-state index contributed by atoms with van der Waals surface area (Å²) in [6.07, 6.45) is 3.52. The van der Waals surface area contributed by atoms with E-state index < -0.39 is 14.6 Å². The first-order valence-corrected chi connectivity index (χ1v) is 11.2. The van der Waals surface area contributed by atoms with E-state index in [1.807, 2.05) is 12.1 Å². The number of sulfone groups is 1. The molecule has 0 atom stereocenters. The summed E-state index contributed by atoms with van der Waals surface area (Å²) in [7, 11) is -3.11. The number of amides is 1. The molecule has 0 aliphatic heterocycles.